The first kappa shape index (κ1) is 15.9. The number of carbonyl (C=O) groups excluding carboxylic acids is 1. The summed E-state index contributed by atoms with van der Waals surface area (Å²) in [6, 6.07) is -2.61. The van der Waals surface area contributed by atoms with Crippen molar-refractivity contribution in [1.82, 2.24) is 0 Å². The molecule has 0 aromatic heterocycles. The molecule has 0 spiro atoms. The number of nitrogens with two attached hydrogens (primary N) is 1. The molecule has 0 saturated carbocycles. The maximum absolute atomic E-state index is 11.8. The summed E-state index contributed by atoms with van der Waals surface area (Å²) in [5.41, 5.74) is 4.55. The number of hydrogen-bond donors (Lipinski definition) is 2. The van der Waals surface area contributed by atoms with Gasteiger partial charge in [-0.2, -0.15) is 13.2 Å². The molecule has 0 bridgehead atoms. The molecule has 8 heteroatoms. The van der Waals surface area contributed by atoms with Crippen LogP contribution in [-0.4, -0.2) is 36.0 Å². The number of carbonyl (C=O) groups is 1. The van der Waals surface area contributed by atoms with Crippen LogP contribution in [0.5, 0.6) is 0 Å². The average Bonchev–Trinajstić information content (AvgIpc) is 2.00. The van der Waals surface area contributed by atoms with Crippen molar-refractivity contribution in [2.24, 2.45) is 5.73 Å². The molecule has 0 aliphatic rings. The minimum atomic E-state index is -4.81. The van der Waals surface area contributed by atoms with Crippen LogP contribution in [0.4, 0.5) is 13.2 Å². The lowest BCUT2D eigenvalue weighted by molar-refractivity contribution is -0.185. The number of ether oxygens (including phenoxy) is 1. The first-order chi connectivity index (χ1) is 5.80. The van der Waals surface area contributed by atoms with Crippen LogP contribution >= 0.6 is 12.4 Å². The van der Waals surface area contributed by atoms with E-state index in [4.69, 9.17) is 5.11 Å². The van der Waals surface area contributed by atoms with Gasteiger partial charge in [-0.15, -0.1) is 12.4 Å². The third-order valence-corrected chi connectivity index (χ3v) is 1.25. The fourth-order valence-electron chi connectivity index (χ4n) is 0.553. The van der Waals surface area contributed by atoms with Gasteiger partial charge in [0.1, 0.15) is 6.04 Å². The van der Waals surface area contributed by atoms with Gasteiger partial charge >= 0.3 is 12.1 Å². The monoisotopic (exact) mass is 237 g/mol. The van der Waals surface area contributed by atoms with Crippen LogP contribution in [0.25, 0.3) is 0 Å². The van der Waals surface area contributed by atoms with Gasteiger partial charge in [-0.25, -0.2) is 4.79 Å². The normalized spacial score (nSPS) is 15.3. The number of rotatable bonds is 3. The third-order valence-electron chi connectivity index (χ3n) is 1.25. The Morgan fingerprint density at radius 3 is 2.29 bits per heavy atom. The van der Waals surface area contributed by atoms with Gasteiger partial charge in [0.25, 0.3) is 0 Å². The largest absolute Gasteiger partial charge is 0.464 e. The van der Waals surface area contributed by atoms with Crippen LogP contribution in [0.2, 0.25) is 0 Å². The zero-order valence-electron chi connectivity index (χ0n) is 7.25. The molecule has 0 aromatic carbocycles. The van der Waals surface area contributed by atoms with E-state index in [1.807, 2.05) is 0 Å². The molecule has 14 heavy (non-hydrogen) atoms. The molecule has 3 N–H and O–H groups in total. The van der Waals surface area contributed by atoms with E-state index in [-0.39, 0.29) is 19.0 Å². The van der Waals surface area contributed by atoms with Gasteiger partial charge < -0.3 is 15.6 Å². The first-order valence-electron chi connectivity index (χ1n) is 3.47. The molecule has 0 aliphatic heterocycles. The van der Waals surface area contributed by atoms with E-state index in [9.17, 15) is 18.0 Å². The summed E-state index contributed by atoms with van der Waals surface area (Å²) >= 11 is 0. The van der Waals surface area contributed by atoms with Gasteiger partial charge in [-0.05, 0) is 6.92 Å². The van der Waals surface area contributed by atoms with Gasteiger partial charge in [0.05, 0.1) is 6.61 Å². The summed E-state index contributed by atoms with van der Waals surface area (Å²) in [6.45, 7) is 1.30. The minimum absolute atomic E-state index is 0. The standard InChI is InChI=1S/C6H10F3NO3.ClH/c1-2-13-5(12)3(11)4(10)6(7,8)9;/h3-4,11H,2,10H2,1H3;1H/t3-,4+;/m0./s1. The Balaban J connectivity index is 0. The van der Waals surface area contributed by atoms with E-state index >= 15 is 0 Å². The van der Waals surface area contributed by atoms with Crippen LogP contribution in [0.3, 0.4) is 0 Å². The highest BCUT2D eigenvalue weighted by molar-refractivity contribution is 5.85. The SMILES string of the molecule is CCOC(=O)[C@@H](O)[C@@H](N)C(F)(F)F.Cl. The van der Waals surface area contributed by atoms with E-state index in [0.717, 1.165) is 0 Å². The Labute approximate surface area is 84.6 Å². The van der Waals surface area contributed by atoms with Crippen molar-refractivity contribution in [3.05, 3.63) is 0 Å². The summed E-state index contributed by atoms with van der Waals surface area (Å²) in [4.78, 5) is 10.6. The number of halogens is 4. The molecular weight excluding hydrogens is 227 g/mol. The van der Waals surface area contributed by atoms with Gasteiger partial charge in [-0.3, -0.25) is 0 Å². The Kier molecular flexibility index (Phi) is 6.88. The van der Waals surface area contributed by atoms with Crippen molar-refractivity contribution in [2.45, 2.75) is 25.2 Å². The van der Waals surface area contributed by atoms with Crippen molar-refractivity contribution in [3.63, 3.8) is 0 Å². The number of hydrogen-bond acceptors (Lipinski definition) is 4. The van der Waals surface area contributed by atoms with E-state index in [0.29, 0.717) is 0 Å². The van der Waals surface area contributed by atoms with Gasteiger partial charge in [-0.1, -0.05) is 0 Å². The fraction of sp³-hybridized carbons (Fsp3) is 0.833. The van der Waals surface area contributed by atoms with Gasteiger partial charge in [0.15, 0.2) is 6.10 Å². The molecule has 0 amide bonds. The Morgan fingerprint density at radius 2 is 2.00 bits per heavy atom. The van der Waals surface area contributed by atoms with Crippen molar-refractivity contribution in [3.8, 4) is 0 Å². The second-order valence-corrected chi connectivity index (χ2v) is 2.26. The van der Waals surface area contributed by atoms with Crippen LogP contribution in [-0.2, 0) is 9.53 Å². The Bertz CT molecular complexity index is 188. The third kappa shape index (κ3) is 4.64. The maximum Gasteiger partial charge on any atom is 0.406 e. The number of esters is 1. The van der Waals surface area contributed by atoms with Crippen LogP contribution in [0, 0.1) is 0 Å². The zero-order chi connectivity index (χ0) is 10.6. The lowest BCUT2D eigenvalue weighted by Crippen LogP contribution is -2.51. The van der Waals surface area contributed by atoms with E-state index in [2.05, 4.69) is 10.5 Å². The topological polar surface area (TPSA) is 72.5 Å². The molecule has 86 valence electrons. The van der Waals surface area contributed by atoms with E-state index < -0.39 is 24.3 Å². The minimum Gasteiger partial charge on any atom is -0.464 e. The zero-order valence-corrected chi connectivity index (χ0v) is 8.06. The number of aliphatic hydroxyl groups is 1. The Hall–Kier alpha value is -0.530. The van der Waals surface area contributed by atoms with E-state index in [1.54, 1.807) is 0 Å². The number of alkyl halides is 3. The molecule has 0 radical (unpaired) electrons. The smallest absolute Gasteiger partial charge is 0.406 e. The summed E-state index contributed by atoms with van der Waals surface area (Å²) in [5, 5.41) is 8.73. The summed E-state index contributed by atoms with van der Waals surface area (Å²) in [7, 11) is 0. The fourth-order valence-corrected chi connectivity index (χ4v) is 0.553. The second-order valence-electron chi connectivity index (χ2n) is 2.26. The molecule has 0 aliphatic carbocycles. The van der Waals surface area contributed by atoms with Crippen molar-refractivity contribution >= 4 is 18.4 Å². The van der Waals surface area contributed by atoms with Gasteiger partial charge in [0, 0.05) is 0 Å². The van der Waals surface area contributed by atoms with Crippen molar-refractivity contribution in [2.75, 3.05) is 6.61 Å². The molecule has 2 atom stereocenters. The van der Waals surface area contributed by atoms with Crippen LogP contribution in [0.1, 0.15) is 6.92 Å². The lowest BCUT2D eigenvalue weighted by Gasteiger charge is -2.19. The molecule has 0 aromatic rings. The first-order valence-corrected chi connectivity index (χ1v) is 3.47. The molecule has 0 saturated heterocycles. The summed E-state index contributed by atoms with van der Waals surface area (Å²) in [6.07, 6.45) is -7.17. The second kappa shape index (κ2) is 6.05. The molecule has 0 fully saturated rings. The predicted octanol–water partition coefficient (Wildman–Crippen LogP) is 0.222. The molecule has 0 rings (SSSR count). The summed E-state index contributed by atoms with van der Waals surface area (Å²) < 4.78 is 39.6. The maximum atomic E-state index is 11.8. The highest BCUT2D eigenvalue weighted by Gasteiger charge is 2.44. The van der Waals surface area contributed by atoms with Crippen molar-refractivity contribution < 1.29 is 27.8 Å². The highest BCUT2D eigenvalue weighted by atomic mass is 35.5. The number of aliphatic hydroxyl groups excluding tert-OH is 1. The quantitative estimate of drug-likeness (QED) is 0.689. The highest BCUT2D eigenvalue weighted by Crippen LogP contribution is 2.21. The van der Waals surface area contributed by atoms with Gasteiger partial charge in [0.2, 0.25) is 0 Å². The molecule has 0 unspecified atom stereocenters. The molecular formula is C6H11ClF3NO3. The molecule has 4 nitrogen and oxygen atoms in total. The summed E-state index contributed by atoms with van der Waals surface area (Å²) in [5.74, 6) is -1.37. The van der Waals surface area contributed by atoms with E-state index in [1.165, 1.54) is 6.92 Å². The van der Waals surface area contributed by atoms with Crippen molar-refractivity contribution in [1.29, 1.82) is 0 Å². The molecule has 0 heterocycles. The Morgan fingerprint density at radius 1 is 1.57 bits per heavy atom. The average molecular weight is 238 g/mol. The van der Waals surface area contributed by atoms with Crippen LogP contribution < -0.4 is 5.73 Å². The lowest BCUT2D eigenvalue weighted by atomic mass is 10.2. The van der Waals surface area contributed by atoms with Crippen LogP contribution in [0.15, 0.2) is 0 Å². The predicted molar refractivity (Wildman–Crippen MR) is 43.9 cm³/mol.